The van der Waals surface area contributed by atoms with Crippen LogP contribution in [0.5, 0.6) is 0 Å². The molecule has 0 aromatic rings. The first-order valence-corrected chi connectivity index (χ1v) is 0. The van der Waals surface area contributed by atoms with Crippen LogP contribution in [0.15, 0.2) is 0 Å². The summed E-state index contributed by atoms with van der Waals surface area (Å²) < 4.78 is 0. The van der Waals surface area contributed by atoms with Crippen molar-refractivity contribution in [2.24, 2.45) is 0 Å². The van der Waals surface area contributed by atoms with Gasteiger partial charge >= 0.3 is 0 Å². The summed E-state index contributed by atoms with van der Waals surface area (Å²) in [5.41, 5.74) is 0. The average molecular weight is 132 g/mol. The molecule has 0 aliphatic heterocycles. The van der Waals surface area contributed by atoms with E-state index in [1.165, 1.54) is 0 Å². The summed E-state index contributed by atoms with van der Waals surface area (Å²) in [6, 6.07) is 0. The molecule has 0 aliphatic rings. The Labute approximate surface area is 77.4 Å². The van der Waals surface area contributed by atoms with E-state index in [4.69, 9.17) is 0 Å². The first-order chi connectivity index (χ1) is 0. The second-order valence-electron chi connectivity index (χ2n) is 0. The molecule has 4 heteroatoms. The third-order valence-electron chi connectivity index (χ3n) is 0. The molecule has 0 amide bonds. The van der Waals surface area contributed by atoms with Gasteiger partial charge in [0.25, 0.3) is 0 Å². The molecule has 0 nitrogen and oxygen atoms in total. The Morgan fingerprint density at radius 2 is 1.00 bits per heavy atom. The molecule has 1 unspecified atom stereocenters. The molecule has 4 radical (unpaired) electrons. The van der Waals surface area contributed by atoms with Crippen molar-refractivity contribution in [3.63, 3.8) is 0 Å². The topological polar surface area (TPSA) is 0 Å². The summed E-state index contributed by atoms with van der Waals surface area (Å²) in [6.45, 7) is 0. The molecule has 0 aromatic carbocycles. The van der Waals surface area contributed by atoms with Crippen LogP contribution in [0, 0.1) is 0 Å². The first kappa shape index (κ1) is 30.0. The van der Waals surface area contributed by atoms with Gasteiger partial charge in [0, 0.05) is 68.6 Å². The van der Waals surface area contributed by atoms with Crippen molar-refractivity contribution in [3.8, 4) is 0 Å². The maximum atomic E-state index is 0. The predicted octanol–water partition coefficient (Wildman–Crippen LogP) is -0.706. The minimum atomic E-state index is 0. The van der Waals surface area contributed by atoms with Gasteiger partial charge in [-0.2, -0.15) is 9.90 Å². The molecule has 0 saturated heterocycles. The SMILES string of the molecule is P.[Al].[Na].[Ti]. The fourth-order valence-electron chi connectivity index (χ4n) is 0. The molecule has 0 spiro atoms. The molecule has 16 valence electrons. The van der Waals surface area contributed by atoms with Gasteiger partial charge in [0.15, 0.2) is 0 Å². The number of hydrogen-bond donors (Lipinski definition) is 0. The van der Waals surface area contributed by atoms with Crippen LogP contribution >= 0.6 is 9.90 Å². The smallest absolute Gasteiger partial charge is 0 e. The van der Waals surface area contributed by atoms with Crippen molar-refractivity contribution < 1.29 is 21.7 Å². The van der Waals surface area contributed by atoms with Crippen LogP contribution < -0.4 is 0 Å². The Morgan fingerprint density at radius 1 is 1.00 bits per heavy atom. The Balaban J connectivity index is 0. The van der Waals surface area contributed by atoms with E-state index in [2.05, 4.69) is 0 Å². The van der Waals surface area contributed by atoms with E-state index in [-0.39, 0.29) is 78.5 Å². The van der Waals surface area contributed by atoms with Gasteiger partial charge in [0.05, 0.1) is 0 Å². The quantitative estimate of drug-likeness (QED) is 0.301. The number of rotatable bonds is 0. The van der Waals surface area contributed by atoms with Crippen molar-refractivity contribution >= 4 is 56.8 Å². The summed E-state index contributed by atoms with van der Waals surface area (Å²) >= 11 is 0. The molecule has 0 heterocycles. The Kier molecular flexibility index (Phi) is 130. The molecule has 0 fully saturated rings. The van der Waals surface area contributed by atoms with Crippen molar-refractivity contribution in [1.29, 1.82) is 0 Å². The summed E-state index contributed by atoms with van der Waals surface area (Å²) in [6.07, 6.45) is 0. The van der Waals surface area contributed by atoms with Crippen molar-refractivity contribution in [2.45, 2.75) is 0 Å². The van der Waals surface area contributed by atoms with Crippen LogP contribution in [0.1, 0.15) is 0 Å². The van der Waals surface area contributed by atoms with Gasteiger partial charge in [0.2, 0.25) is 0 Å². The predicted molar refractivity (Wildman–Crippen MR) is 22.6 cm³/mol. The molecule has 0 N–H and O–H groups in total. The van der Waals surface area contributed by atoms with Crippen LogP contribution in [0.3, 0.4) is 0 Å². The monoisotopic (exact) mass is 132 g/mol. The zero-order valence-electron chi connectivity index (χ0n) is 2.78. The zero-order valence-corrected chi connectivity index (χ0v) is 8.91. The van der Waals surface area contributed by atoms with Gasteiger partial charge in [-0.15, -0.1) is 0 Å². The van der Waals surface area contributed by atoms with Gasteiger partial charge in [0.1, 0.15) is 0 Å². The van der Waals surface area contributed by atoms with Gasteiger partial charge in [-0.25, -0.2) is 0 Å². The molecule has 1 atom stereocenters. The van der Waals surface area contributed by atoms with E-state index in [9.17, 15) is 0 Å². The third-order valence-corrected chi connectivity index (χ3v) is 0. The maximum Gasteiger partial charge on any atom is 0 e. The van der Waals surface area contributed by atoms with E-state index in [1.807, 2.05) is 0 Å². The molecule has 0 rings (SSSR count). The second kappa shape index (κ2) is 17.3. The summed E-state index contributed by atoms with van der Waals surface area (Å²) in [5.74, 6) is 0. The fraction of sp³-hybridized carbons (Fsp3) is 0. The molecule has 0 saturated carbocycles. The van der Waals surface area contributed by atoms with Crippen LogP contribution in [0.25, 0.3) is 0 Å². The summed E-state index contributed by atoms with van der Waals surface area (Å²) in [7, 11) is 0. The van der Waals surface area contributed by atoms with Gasteiger partial charge in [-0.05, 0) is 0 Å². The molecule has 0 bridgehead atoms. The summed E-state index contributed by atoms with van der Waals surface area (Å²) in [4.78, 5) is 0. The van der Waals surface area contributed by atoms with Gasteiger partial charge in [-0.1, -0.05) is 0 Å². The van der Waals surface area contributed by atoms with Crippen molar-refractivity contribution in [1.82, 2.24) is 0 Å². The van der Waals surface area contributed by atoms with Gasteiger partial charge in [-0.3, -0.25) is 0 Å². The molecule has 0 aliphatic carbocycles. The minimum Gasteiger partial charge on any atom is -0.153 e. The van der Waals surface area contributed by atoms with Crippen LogP contribution in [0.4, 0.5) is 0 Å². The Bertz CT molecular complexity index is 8.00. The Hall–Kier alpha value is 2.68. The van der Waals surface area contributed by atoms with Crippen LogP contribution in [-0.4, -0.2) is 46.9 Å². The largest absolute Gasteiger partial charge is 0.153 e. The summed E-state index contributed by atoms with van der Waals surface area (Å²) in [5, 5.41) is 0. The second-order valence-corrected chi connectivity index (χ2v) is 0. The fourth-order valence-corrected chi connectivity index (χ4v) is 0. The molecular weight excluding hydrogens is 129 g/mol. The van der Waals surface area contributed by atoms with E-state index < -0.39 is 0 Å². The number of hydrogen-bond acceptors (Lipinski definition) is 0. The maximum absolute atomic E-state index is 0. The Morgan fingerprint density at radius 3 is 1.00 bits per heavy atom. The zero-order chi connectivity index (χ0) is 0. The average Bonchev–Trinajstić information content (AvgIpc) is 0. The van der Waals surface area contributed by atoms with E-state index in [0.29, 0.717) is 0 Å². The molecule has 4 heavy (non-hydrogen) atoms. The van der Waals surface area contributed by atoms with Crippen LogP contribution in [0.2, 0.25) is 0 Å². The first-order valence-electron chi connectivity index (χ1n) is 0. The molecular formula is H3AlNaPTi. The van der Waals surface area contributed by atoms with E-state index in [1.54, 1.807) is 0 Å². The standard InChI is InChI=1S/Al.Na.H3P.Ti/h;;1H3;. The van der Waals surface area contributed by atoms with E-state index >= 15 is 0 Å². The normalized spacial score (nSPS) is 0. The van der Waals surface area contributed by atoms with E-state index in [0.717, 1.165) is 0 Å². The third kappa shape index (κ3) is 8.82. The van der Waals surface area contributed by atoms with Crippen molar-refractivity contribution in [2.75, 3.05) is 0 Å². The molecule has 0 aromatic heterocycles. The minimum absolute atomic E-state index is 0. The van der Waals surface area contributed by atoms with Gasteiger partial charge < -0.3 is 0 Å². The van der Waals surface area contributed by atoms with Crippen LogP contribution in [-0.2, 0) is 21.7 Å². The van der Waals surface area contributed by atoms with Crippen molar-refractivity contribution in [3.05, 3.63) is 0 Å².